The van der Waals surface area contributed by atoms with Gasteiger partial charge in [0, 0.05) is 38.9 Å². The standard InChI is InChI=1S/C10H22N2O/c1-9(5-7-13-3)12-6-4-10(8-12)11-2/h9-11H,4-8H2,1-3H3. The Morgan fingerprint density at radius 2 is 2.38 bits per heavy atom. The van der Waals surface area contributed by atoms with Crippen LogP contribution in [0.2, 0.25) is 0 Å². The topological polar surface area (TPSA) is 24.5 Å². The first-order valence-corrected chi connectivity index (χ1v) is 5.18. The maximum atomic E-state index is 5.08. The van der Waals surface area contributed by atoms with Gasteiger partial charge < -0.3 is 10.1 Å². The molecule has 78 valence electrons. The van der Waals surface area contributed by atoms with Gasteiger partial charge in [-0.05, 0) is 26.8 Å². The van der Waals surface area contributed by atoms with Crippen LogP contribution in [0.1, 0.15) is 19.8 Å². The summed E-state index contributed by atoms with van der Waals surface area (Å²) in [7, 11) is 3.82. The van der Waals surface area contributed by atoms with Crippen LogP contribution < -0.4 is 5.32 Å². The summed E-state index contributed by atoms with van der Waals surface area (Å²) in [5, 5.41) is 3.33. The zero-order valence-corrected chi connectivity index (χ0v) is 9.05. The fourth-order valence-electron chi connectivity index (χ4n) is 1.89. The molecule has 1 aliphatic heterocycles. The number of rotatable bonds is 5. The molecule has 0 bridgehead atoms. The normalized spacial score (nSPS) is 26.5. The summed E-state index contributed by atoms with van der Waals surface area (Å²) in [4.78, 5) is 2.54. The van der Waals surface area contributed by atoms with E-state index in [0.29, 0.717) is 12.1 Å². The van der Waals surface area contributed by atoms with Crippen LogP contribution in [-0.4, -0.2) is 50.8 Å². The first kappa shape index (κ1) is 11.0. The molecule has 0 aliphatic carbocycles. The molecule has 1 fully saturated rings. The molecule has 3 heteroatoms. The summed E-state index contributed by atoms with van der Waals surface area (Å²) in [6, 6.07) is 1.36. The maximum Gasteiger partial charge on any atom is 0.0477 e. The van der Waals surface area contributed by atoms with Crippen LogP contribution in [0.25, 0.3) is 0 Å². The van der Waals surface area contributed by atoms with E-state index < -0.39 is 0 Å². The van der Waals surface area contributed by atoms with Gasteiger partial charge in [-0.15, -0.1) is 0 Å². The molecule has 1 aliphatic rings. The Hall–Kier alpha value is -0.120. The maximum absolute atomic E-state index is 5.08. The Labute approximate surface area is 81.4 Å². The van der Waals surface area contributed by atoms with Crippen molar-refractivity contribution in [3.8, 4) is 0 Å². The van der Waals surface area contributed by atoms with Gasteiger partial charge >= 0.3 is 0 Å². The fraction of sp³-hybridized carbons (Fsp3) is 1.00. The highest BCUT2D eigenvalue weighted by Crippen LogP contribution is 2.14. The van der Waals surface area contributed by atoms with Crippen LogP contribution in [0.3, 0.4) is 0 Å². The van der Waals surface area contributed by atoms with Gasteiger partial charge in [0.05, 0.1) is 0 Å². The third-order valence-corrected chi connectivity index (χ3v) is 2.99. The van der Waals surface area contributed by atoms with E-state index in [-0.39, 0.29) is 0 Å². The molecule has 0 aromatic carbocycles. The summed E-state index contributed by atoms with van der Waals surface area (Å²) in [5.41, 5.74) is 0. The minimum Gasteiger partial charge on any atom is -0.385 e. The van der Waals surface area contributed by atoms with Crippen molar-refractivity contribution in [3.63, 3.8) is 0 Å². The summed E-state index contributed by atoms with van der Waals surface area (Å²) in [5.74, 6) is 0. The number of hydrogen-bond donors (Lipinski definition) is 1. The Balaban J connectivity index is 2.20. The second-order valence-corrected chi connectivity index (χ2v) is 3.90. The summed E-state index contributed by atoms with van der Waals surface area (Å²) in [6.45, 7) is 5.59. The predicted molar refractivity (Wildman–Crippen MR) is 55.0 cm³/mol. The molecule has 0 amide bonds. The lowest BCUT2D eigenvalue weighted by atomic mass is 10.2. The van der Waals surface area contributed by atoms with Gasteiger partial charge in [0.25, 0.3) is 0 Å². The van der Waals surface area contributed by atoms with E-state index in [1.54, 1.807) is 7.11 Å². The van der Waals surface area contributed by atoms with Crippen molar-refractivity contribution < 1.29 is 4.74 Å². The number of methoxy groups -OCH3 is 1. The van der Waals surface area contributed by atoms with Crippen molar-refractivity contribution in [2.75, 3.05) is 33.9 Å². The van der Waals surface area contributed by atoms with Crippen LogP contribution in [0.5, 0.6) is 0 Å². The first-order chi connectivity index (χ1) is 6.27. The molecule has 1 rings (SSSR count). The molecule has 0 aromatic rings. The SMILES string of the molecule is CNC1CCN(C(C)CCOC)C1. The monoisotopic (exact) mass is 186 g/mol. The lowest BCUT2D eigenvalue weighted by molar-refractivity contribution is 0.151. The van der Waals surface area contributed by atoms with Crippen LogP contribution in [0, 0.1) is 0 Å². The molecule has 1 saturated heterocycles. The van der Waals surface area contributed by atoms with Crippen molar-refractivity contribution in [2.45, 2.75) is 31.8 Å². The Morgan fingerprint density at radius 1 is 1.62 bits per heavy atom. The molecular formula is C10H22N2O. The van der Waals surface area contributed by atoms with Gasteiger partial charge in [0.2, 0.25) is 0 Å². The summed E-state index contributed by atoms with van der Waals surface area (Å²) >= 11 is 0. The third kappa shape index (κ3) is 3.25. The summed E-state index contributed by atoms with van der Waals surface area (Å²) in [6.07, 6.45) is 2.43. The minimum atomic E-state index is 0.665. The number of likely N-dealkylation sites (tertiary alicyclic amines) is 1. The molecule has 0 radical (unpaired) electrons. The van der Waals surface area contributed by atoms with Crippen molar-refractivity contribution in [3.05, 3.63) is 0 Å². The number of nitrogens with zero attached hydrogens (tertiary/aromatic N) is 1. The first-order valence-electron chi connectivity index (χ1n) is 5.18. The van der Waals surface area contributed by atoms with Gasteiger partial charge in [-0.1, -0.05) is 0 Å². The Morgan fingerprint density at radius 3 is 2.92 bits per heavy atom. The van der Waals surface area contributed by atoms with Crippen LogP contribution in [0.15, 0.2) is 0 Å². The molecular weight excluding hydrogens is 164 g/mol. The van der Waals surface area contributed by atoms with E-state index in [4.69, 9.17) is 4.74 Å². The highest BCUT2D eigenvalue weighted by atomic mass is 16.5. The molecule has 2 unspecified atom stereocenters. The van der Waals surface area contributed by atoms with E-state index >= 15 is 0 Å². The molecule has 13 heavy (non-hydrogen) atoms. The molecule has 1 heterocycles. The van der Waals surface area contributed by atoms with Crippen LogP contribution in [0.4, 0.5) is 0 Å². The third-order valence-electron chi connectivity index (χ3n) is 2.99. The lowest BCUT2D eigenvalue weighted by Crippen LogP contribution is -2.35. The molecule has 0 aromatic heterocycles. The Bertz CT molecular complexity index is 141. The quantitative estimate of drug-likeness (QED) is 0.684. The predicted octanol–water partition coefficient (Wildman–Crippen LogP) is 0.705. The molecule has 3 nitrogen and oxygen atoms in total. The molecule has 0 saturated carbocycles. The van der Waals surface area contributed by atoms with E-state index in [1.807, 2.05) is 7.05 Å². The van der Waals surface area contributed by atoms with Crippen molar-refractivity contribution in [1.29, 1.82) is 0 Å². The van der Waals surface area contributed by atoms with E-state index in [2.05, 4.69) is 17.1 Å². The second kappa shape index (κ2) is 5.58. The zero-order valence-electron chi connectivity index (χ0n) is 9.05. The molecule has 2 atom stereocenters. The lowest BCUT2D eigenvalue weighted by Gasteiger charge is -2.23. The van der Waals surface area contributed by atoms with Gasteiger partial charge in [-0.3, -0.25) is 4.90 Å². The number of likely N-dealkylation sites (N-methyl/N-ethyl adjacent to an activating group) is 1. The Kier molecular flexibility index (Phi) is 4.70. The highest BCUT2D eigenvalue weighted by Gasteiger charge is 2.24. The van der Waals surface area contributed by atoms with Gasteiger partial charge in [-0.25, -0.2) is 0 Å². The van der Waals surface area contributed by atoms with E-state index in [9.17, 15) is 0 Å². The smallest absolute Gasteiger partial charge is 0.0477 e. The fourth-order valence-corrected chi connectivity index (χ4v) is 1.89. The number of nitrogens with one attached hydrogen (secondary N) is 1. The average molecular weight is 186 g/mol. The van der Waals surface area contributed by atoms with Crippen molar-refractivity contribution >= 4 is 0 Å². The highest BCUT2D eigenvalue weighted by molar-refractivity contribution is 4.82. The minimum absolute atomic E-state index is 0.665. The molecule has 1 N–H and O–H groups in total. The van der Waals surface area contributed by atoms with E-state index in [0.717, 1.165) is 13.0 Å². The van der Waals surface area contributed by atoms with Crippen LogP contribution >= 0.6 is 0 Å². The largest absolute Gasteiger partial charge is 0.385 e. The average Bonchev–Trinajstić information content (AvgIpc) is 2.62. The zero-order chi connectivity index (χ0) is 9.68. The van der Waals surface area contributed by atoms with Gasteiger partial charge in [0.15, 0.2) is 0 Å². The second-order valence-electron chi connectivity index (χ2n) is 3.90. The number of hydrogen-bond acceptors (Lipinski definition) is 3. The van der Waals surface area contributed by atoms with Crippen LogP contribution in [-0.2, 0) is 4.74 Å². The van der Waals surface area contributed by atoms with E-state index in [1.165, 1.54) is 19.5 Å². The van der Waals surface area contributed by atoms with Gasteiger partial charge in [0.1, 0.15) is 0 Å². The van der Waals surface area contributed by atoms with Crippen molar-refractivity contribution in [1.82, 2.24) is 10.2 Å². The van der Waals surface area contributed by atoms with Crippen molar-refractivity contribution in [2.24, 2.45) is 0 Å². The summed E-state index contributed by atoms with van der Waals surface area (Å²) < 4.78 is 5.08. The number of ether oxygens (including phenoxy) is 1. The van der Waals surface area contributed by atoms with Gasteiger partial charge in [-0.2, -0.15) is 0 Å². The molecule has 0 spiro atoms.